The van der Waals surface area contributed by atoms with E-state index in [1.54, 1.807) is 53.7 Å². The van der Waals surface area contributed by atoms with E-state index in [-0.39, 0.29) is 13.0 Å². The van der Waals surface area contributed by atoms with Crippen LogP contribution in [0, 0.1) is 6.92 Å². The summed E-state index contributed by atoms with van der Waals surface area (Å²) in [6.07, 6.45) is -0.227. The van der Waals surface area contributed by atoms with Crippen LogP contribution >= 0.6 is 0 Å². The molecule has 0 aliphatic carbocycles. The molecule has 0 bridgehead atoms. The van der Waals surface area contributed by atoms with Gasteiger partial charge in [0.25, 0.3) is 0 Å². The highest BCUT2D eigenvalue weighted by molar-refractivity contribution is 5.94. The molecule has 0 heterocycles. The third-order valence-electron chi connectivity index (χ3n) is 6.16. The quantitative estimate of drug-likeness (QED) is 0.312. The standard InChI is InChI=1S/C33H47N3O7/c1-9-19-36(29(39)26(21-37)35-31(41)43-33(6,7)8)27(24-17-15-22(2)16-18-24)28(38)34-25(30(40)42-32(3,4)5)20-23-13-11-10-12-14-23/h10-18,25-27,37H,9,19-21H2,1-8H3,(H,34,38)(H,35,41). The van der Waals surface area contributed by atoms with E-state index in [1.807, 2.05) is 56.3 Å². The van der Waals surface area contributed by atoms with Crippen LogP contribution in [0.1, 0.15) is 77.6 Å². The normalized spacial score (nSPS) is 13.7. The van der Waals surface area contributed by atoms with Crippen LogP contribution in [0.25, 0.3) is 0 Å². The Labute approximate surface area is 255 Å². The first-order valence-corrected chi connectivity index (χ1v) is 14.6. The monoisotopic (exact) mass is 597 g/mol. The predicted molar refractivity (Wildman–Crippen MR) is 164 cm³/mol. The third kappa shape index (κ3) is 11.7. The van der Waals surface area contributed by atoms with Crippen LogP contribution in [-0.4, -0.2) is 70.3 Å². The molecule has 0 fully saturated rings. The molecule has 0 saturated heterocycles. The number of hydrogen-bond acceptors (Lipinski definition) is 7. The van der Waals surface area contributed by atoms with E-state index in [9.17, 15) is 24.3 Å². The van der Waals surface area contributed by atoms with E-state index in [2.05, 4.69) is 10.6 Å². The number of ether oxygens (including phenoxy) is 2. The lowest BCUT2D eigenvalue weighted by Crippen LogP contribution is -2.56. The average Bonchev–Trinajstić information content (AvgIpc) is 2.90. The number of nitrogens with zero attached hydrogens (tertiary/aromatic N) is 1. The summed E-state index contributed by atoms with van der Waals surface area (Å²) in [5, 5.41) is 15.4. The Morgan fingerprint density at radius 3 is 1.93 bits per heavy atom. The van der Waals surface area contributed by atoms with Crippen molar-refractivity contribution >= 4 is 23.9 Å². The second-order valence-electron chi connectivity index (χ2n) is 12.5. The molecule has 2 aromatic rings. The Morgan fingerprint density at radius 2 is 1.42 bits per heavy atom. The maximum atomic E-state index is 14.2. The predicted octanol–water partition coefficient (Wildman–Crippen LogP) is 4.23. The van der Waals surface area contributed by atoms with E-state index < -0.39 is 59.8 Å². The summed E-state index contributed by atoms with van der Waals surface area (Å²) < 4.78 is 10.9. The van der Waals surface area contributed by atoms with Crippen molar-refractivity contribution in [1.29, 1.82) is 0 Å². The van der Waals surface area contributed by atoms with Gasteiger partial charge in [-0.25, -0.2) is 9.59 Å². The maximum absolute atomic E-state index is 14.2. The highest BCUT2D eigenvalue weighted by Crippen LogP contribution is 2.24. The number of carbonyl (C=O) groups is 4. The Hall–Kier alpha value is -3.92. The molecule has 0 aliphatic rings. The fraction of sp³-hybridized carbons (Fsp3) is 0.515. The summed E-state index contributed by atoms with van der Waals surface area (Å²) in [5.74, 6) is -1.89. The van der Waals surface area contributed by atoms with Crippen molar-refractivity contribution in [2.24, 2.45) is 0 Å². The molecule has 43 heavy (non-hydrogen) atoms. The van der Waals surface area contributed by atoms with Gasteiger partial charge in [-0.2, -0.15) is 0 Å². The first-order chi connectivity index (χ1) is 20.0. The van der Waals surface area contributed by atoms with Gasteiger partial charge in [0.1, 0.15) is 29.3 Å². The first kappa shape index (κ1) is 35.3. The second kappa shape index (κ2) is 15.5. The number of amides is 3. The van der Waals surface area contributed by atoms with Crippen molar-refractivity contribution in [3.05, 3.63) is 71.3 Å². The molecule has 3 amide bonds. The number of aliphatic hydroxyl groups is 1. The van der Waals surface area contributed by atoms with E-state index >= 15 is 0 Å². The maximum Gasteiger partial charge on any atom is 0.408 e. The third-order valence-corrected chi connectivity index (χ3v) is 6.16. The van der Waals surface area contributed by atoms with Crippen molar-refractivity contribution in [2.75, 3.05) is 13.2 Å². The van der Waals surface area contributed by atoms with Crippen molar-refractivity contribution in [3.8, 4) is 0 Å². The Kier molecular flexibility index (Phi) is 12.7. The number of hydrogen-bond donors (Lipinski definition) is 3. The van der Waals surface area contributed by atoms with Crippen LogP contribution in [0.5, 0.6) is 0 Å². The average molecular weight is 598 g/mol. The molecule has 0 spiro atoms. The topological polar surface area (TPSA) is 134 Å². The Bertz CT molecular complexity index is 1220. The number of carbonyl (C=O) groups excluding carboxylic acids is 4. The lowest BCUT2D eigenvalue weighted by molar-refractivity contribution is -0.159. The van der Waals surface area contributed by atoms with E-state index in [1.165, 1.54) is 4.90 Å². The number of benzene rings is 2. The minimum atomic E-state index is -1.37. The minimum absolute atomic E-state index is 0.132. The minimum Gasteiger partial charge on any atom is -0.458 e. The molecule has 0 saturated carbocycles. The van der Waals surface area contributed by atoms with Crippen LogP contribution in [-0.2, 0) is 30.3 Å². The zero-order valence-electron chi connectivity index (χ0n) is 26.6. The van der Waals surface area contributed by atoms with Gasteiger partial charge in [0.15, 0.2) is 0 Å². The summed E-state index contributed by atoms with van der Waals surface area (Å²) in [4.78, 5) is 55.1. The van der Waals surface area contributed by atoms with Gasteiger partial charge in [-0.05, 0) is 66.0 Å². The molecule has 3 N–H and O–H groups in total. The van der Waals surface area contributed by atoms with Crippen LogP contribution in [0.15, 0.2) is 54.6 Å². The molecule has 236 valence electrons. The SMILES string of the molecule is CCCN(C(=O)C(CO)NC(=O)OC(C)(C)C)C(C(=O)NC(Cc1ccccc1)C(=O)OC(C)(C)C)c1ccc(C)cc1. The zero-order chi connectivity index (χ0) is 32.4. The number of aryl methyl sites for hydroxylation is 1. The number of alkyl carbamates (subject to hydrolysis) is 1. The van der Waals surface area contributed by atoms with E-state index in [0.29, 0.717) is 12.0 Å². The molecular weight excluding hydrogens is 550 g/mol. The number of esters is 1. The zero-order valence-corrected chi connectivity index (χ0v) is 26.6. The summed E-state index contributed by atoms with van der Waals surface area (Å²) in [5.41, 5.74) is 0.650. The van der Waals surface area contributed by atoms with Gasteiger partial charge in [0.05, 0.1) is 6.61 Å². The molecule has 2 rings (SSSR count). The number of rotatable bonds is 12. The van der Waals surface area contributed by atoms with E-state index in [4.69, 9.17) is 9.47 Å². The molecule has 0 aliphatic heterocycles. The van der Waals surface area contributed by atoms with Gasteiger partial charge >= 0.3 is 12.1 Å². The van der Waals surface area contributed by atoms with Crippen LogP contribution in [0.4, 0.5) is 4.79 Å². The Morgan fingerprint density at radius 1 is 0.837 bits per heavy atom. The smallest absolute Gasteiger partial charge is 0.408 e. The van der Waals surface area contributed by atoms with Gasteiger partial charge in [0.2, 0.25) is 11.8 Å². The summed E-state index contributed by atoms with van der Waals surface area (Å²) in [6.45, 7) is 13.4. The lowest BCUT2D eigenvalue weighted by Gasteiger charge is -2.35. The van der Waals surface area contributed by atoms with Gasteiger partial charge in [0, 0.05) is 13.0 Å². The van der Waals surface area contributed by atoms with Gasteiger partial charge in [-0.15, -0.1) is 0 Å². The summed E-state index contributed by atoms with van der Waals surface area (Å²) >= 11 is 0. The Balaban J connectivity index is 2.51. The molecule has 0 radical (unpaired) electrons. The molecule has 3 unspecified atom stereocenters. The van der Waals surface area contributed by atoms with E-state index in [0.717, 1.165) is 11.1 Å². The fourth-order valence-electron chi connectivity index (χ4n) is 4.33. The van der Waals surface area contributed by atoms with Gasteiger partial charge in [-0.1, -0.05) is 67.1 Å². The summed E-state index contributed by atoms with van der Waals surface area (Å²) in [7, 11) is 0. The number of aliphatic hydroxyl groups excluding tert-OH is 1. The molecule has 3 atom stereocenters. The first-order valence-electron chi connectivity index (χ1n) is 14.6. The van der Waals surface area contributed by atoms with Crippen molar-refractivity contribution in [1.82, 2.24) is 15.5 Å². The van der Waals surface area contributed by atoms with Crippen molar-refractivity contribution in [3.63, 3.8) is 0 Å². The molecule has 0 aromatic heterocycles. The highest BCUT2D eigenvalue weighted by Gasteiger charge is 2.38. The van der Waals surface area contributed by atoms with Crippen molar-refractivity contribution in [2.45, 2.75) is 97.6 Å². The molecule has 2 aromatic carbocycles. The molecular formula is C33H47N3O7. The fourth-order valence-corrected chi connectivity index (χ4v) is 4.33. The largest absolute Gasteiger partial charge is 0.458 e. The second-order valence-corrected chi connectivity index (χ2v) is 12.5. The van der Waals surface area contributed by atoms with Crippen molar-refractivity contribution < 1.29 is 33.8 Å². The highest BCUT2D eigenvalue weighted by atomic mass is 16.6. The van der Waals surface area contributed by atoms with Crippen LogP contribution in [0.2, 0.25) is 0 Å². The molecule has 10 heteroatoms. The van der Waals surface area contributed by atoms with Gasteiger partial charge < -0.3 is 30.1 Å². The van der Waals surface area contributed by atoms with Gasteiger partial charge in [-0.3, -0.25) is 9.59 Å². The van der Waals surface area contributed by atoms with Crippen LogP contribution in [0.3, 0.4) is 0 Å². The summed E-state index contributed by atoms with van der Waals surface area (Å²) in [6, 6.07) is 12.8. The van der Waals surface area contributed by atoms with Crippen LogP contribution < -0.4 is 10.6 Å². The lowest BCUT2D eigenvalue weighted by atomic mass is 9.99. The number of nitrogens with one attached hydrogen (secondary N) is 2. The molecule has 10 nitrogen and oxygen atoms in total.